The first-order valence-corrected chi connectivity index (χ1v) is 8.35. The van der Waals surface area contributed by atoms with E-state index in [-0.39, 0.29) is 11.9 Å². The van der Waals surface area contributed by atoms with Crippen LogP contribution in [0.4, 0.5) is 0 Å². The number of carbonyl (C=O) groups excluding carboxylic acids is 1. The molecule has 1 amide bonds. The number of carbonyl (C=O) groups is 1. The molecule has 0 atom stereocenters. The lowest BCUT2D eigenvalue weighted by atomic mass is 10.0. The Labute approximate surface area is 142 Å². The van der Waals surface area contributed by atoms with E-state index >= 15 is 0 Å². The number of rotatable bonds is 4. The van der Waals surface area contributed by atoms with Crippen molar-refractivity contribution in [3.63, 3.8) is 0 Å². The molecule has 1 saturated heterocycles. The van der Waals surface area contributed by atoms with Gasteiger partial charge in [0.1, 0.15) is 5.76 Å². The first-order chi connectivity index (χ1) is 11.5. The average molecular weight is 331 g/mol. The van der Waals surface area contributed by atoms with E-state index in [9.17, 15) is 4.79 Å². The van der Waals surface area contributed by atoms with Crippen molar-refractivity contribution in [3.8, 4) is 0 Å². The van der Waals surface area contributed by atoms with E-state index < -0.39 is 0 Å². The van der Waals surface area contributed by atoms with Crippen molar-refractivity contribution >= 4 is 5.91 Å². The molecule has 2 aromatic rings. The van der Waals surface area contributed by atoms with Gasteiger partial charge in [0.15, 0.2) is 0 Å². The summed E-state index contributed by atoms with van der Waals surface area (Å²) in [4.78, 5) is 16.8. The zero-order chi connectivity index (χ0) is 17.3. The average Bonchev–Trinajstić information content (AvgIpc) is 3.15. The van der Waals surface area contributed by atoms with Gasteiger partial charge in [-0.15, -0.1) is 0 Å². The largest absolute Gasteiger partial charge is 0.361 e. The van der Waals surface area contributed by atoms with Crippen LogP contribution in [-0.4, -0.2) is 56.8 Å². The molecular formula is C17H25N5O2. The van der Waals surface area contributed by atoms with Crippen LogP contribution in [0.1, 0.15) is 40.2 Å². The van der Waals surface area contributed by atoms with E-state index in [0.717, 1.165) is 43.9 Å². The quantitative estimate of drug-likeness (QED) is 0.854. The predicted molar refractivity (Wildman–Crippen MR) is 89.6 cm³/mol. The van der Waals surface area contributed by atoms with Gasteiger partial charge in [-0.3, -0.25) is 14.4 Å². The summed E-state index contributed by atoms with van der Waals surface area (Å²) in [7, 11) is 3.72. The molecule has 7 heteroatoms. The van der Waals surface area contributed by atoms with Crippen LogP contribution in [0.15, 0.2) is 16.9 Å². The van der Waals surface area contributed by atoms with Gasteiger partial charge in [-0.05, 0) is 26.7 Å². The minimum atomic E-state index is 0.0484. The summed E-state index contributed by atoms with van der Waals surface area (Å²) in [5.74, 6) is 0.950. The normalized spacial score (nSPS) is 16.5. The molecule has 1 aliphatic heterocycles. The number of aryl methyl sites for hydroxylation is 3. The van der Waals surface area contributed by atoms with Crippen LogP contribution in [0.3, 0.4) is 0 Å². The number of hydrogen-bond acceptors (Lipinski definition) is 5. The Morgan fingerprint density at radius 3 is 2.62 bits per heavy atom. The molecule has 0 spiro atoms. The molecule has 3 heterocycles. The van der Waals surface area contributed by atoms with E-state index in [2.05, 4.69) is 15.2 Å². The maximum atomic E-state index is 12.5. The van der Waals surface area contributed by atoms with Crippen LogP contribution >= 0.6 is 0 Å². The number of amides is 1. The summed E-state index contributed by atoms with van der Waals surface area (Å²) in [6.07, 6.45) is 5.36. The lowest BCUT2D eigenvalue weighted by Crippen LogP contribution is -2.45. The Balaban J connectivity index is 1.56. The highest BCUT2D eigenvalue weighted by molar-refractivity contribution is 5.93. The molecule has 24 heavy (non-hydrogen) atoms. The third-order valence-corrected chi connectivity index (χ3v) is 4.94. The molecule has 7 nitrogen and oxygen atoms in total. The lowest BCUT2D eigenvalue weighted by Gasteiger charge is -2.36. The number of nitrogens with zero attached hydrogens (tertiary/aromatic N) is 5. The smallest absolute Gasteiger partial charge is 0.257 e. The molecule has 0 N–H and O–H groups in total. The van der Waals surface area contributed by atoms with Gasteiger partial charge < -0.3 is 9.42 Å². The van der Waals surface area contributed by atoms with Gasteiger partial charge in [0, 0.05) is 51.5 Å². The molecule has 3 rings (SSSR count). The highest BCUT2D eigenvalue weighted by Gasteiger charge is 2.27. The van der Waals surface area contributed by atoms with Crippen molar-refractivity contribution in [3.05, 3.63) is 35.0 Å². The summed E-state index contributed by atoms with van der Waals surface area (Å²) >= 11 is 0. The summed E-state index contributed by atoms with van der Waals surface area (Å²) in [6, 6.07) is 0.277. The zero-order valence-corrected chi connectivity index (χ0v) is 14.8. The Bertz CT molecular complexity index is 693. The highest BCUT2D eigenvalue weighted by atomic mass is 16.5. The highest BCUT2D eigenvalue weighted by Crippen LogP contribution is 2.21. The van der Waals surface area contributed by atoms with Crippen molar-refractivity contribution in [2.45, 2.75) is 39.3 Å². The standard InChI is InChI=1S/C17H25N5O2/c1-12-16(13(2)24-19-12)11-22-7-5-15(6-8-22)21(4)17(23)14-9-18-20(3)10-14/h9-10,15H,5-8,11H2,1-4H3. The van der Waals surface area contributed by atoms with E-state index in [0.29, 0.717) is 5.56 Å². The van der Waals surface area contributed by atoms with Crippen molar-refractivity contribution in [2.24, 2.45) is 7.05 Å². The second kappa shape index (κ2) is 6.76. The maximum Gasteiger partial charge on any atom is 0.257 e. The predicted octanol–water partition coefficient (Wildman–Crippen LogP) is 1.76. The topological polar surface area (TPSA) is 67.4 Å². The first kappa shape index (κ1) is 16.7. The van der Waals surface area contributed by atoms with Gasteiger partial charge in [0.2, 0.25) is 0 Å². The summed E-state index contributed by atoms with van der Waals surface area (Å²) in [5.41, 5.74) is 2.81. The Hall–Kier alpha value is -2.15. The third-order valence-electron chi connectivity index (χ3n) is 4.94. The van der Waals surface area contributed by atoms with Gasteiger partial charge in [-0.2, -0.15) is 5.10 Å². The van der Waals surface area contributed by atoms with Gasteiger partial charge in [-0.1, -0.05) is 5.16 Å². The number of piperidine rings is 1. The molecule has 0 aromatic carbocycles. The van der Waals surface area contributed by atoms with Crippen LogP contribution < -0.4 is 0 Å². The minimum absolute atomic E-state index is 0.0484. The zero-order valence-electron chi connectivity index (χ0n) is 14.8. The number of likely N-dealkylation sites (tertiary alicyclic amines) is 1. The molecule has 0 radical (unpaired) electrons. The SMILES string of the molecule is Cc1noc(C)c1CN1CCC(N(C)C(=O)c2cnn(C)c2)CC1. The van der Waals surface area contributed by atoms with E-state index in [1.54, 1.807) is 17.1 Å². The van der Waals surface area contributed by atoms with Crippen molar-refractivity contribution in [1.29, 1.82) is 0 Å². The van der Waals surface area contributed by atoms with Crippen LogP contribution in [0.25, 0.3) is 0 Å². The van der Waals surface area contributed by atoms with E-state index in [4.69, 9.17) is 4.52 Å². The first-order valence-electron chi connectivity index (χ1n) is 8.35. The van der Waals surface area contributed by atoms with Crippen molar-refractivity contribution < 1.29 is 9.32 Å². The molecule has 0 unspecified atom stereocenters. The minimum Gasteiger partial charge on any atom is -0.361 e. The van der Waals surface area contributed by atoms with Crippen LogP contribution in [-0.2, 0) is 13.6 Å². The molecule has 2 aromatic heterocycles. The monoisotopic (exact) mass is 331 g/mol. The fourth-order valence-corrected chi connectivity index (χ4v) is 3.32. The summed E-state index contributed by atoms with van der Waals surface area (Å²) in [6.45, 7) is 6.76. The Kier molecular flexibility index (Phi) is 4.71. The number of aromatic nitrogens is 3. The van der Waals surface area contributed by atoms with Crippen LogP contribution in [0.2, 0.25) is 0 Å². The molecule has 0 saturated carbocycles. The fraction of sp³-hybridized carbons (Fsp3) is 0.588. The third kappa shape index (κ3) is 3.36. The van der Waals surface area contributed by atoms with Gasteiger partial charge in [0.05, 0.1) is 17.5 Å². The van der Waals surface area contributed by atoms with E-state index in [1.165, 1.54) is 5.56 Å². The van der Waals surface area contributed by atoms with Crippen molar-refractivity contribution in [1.82, 2.24) is 24.7 Å². The van der Waals surface area contributed by atoms with Crippen LogP contribution in [0.5, 0.6) is 0 Å². The maximum absolute atomic E-state index is 12.5. The number of hydrogen-bond donors (Lipinski definition) is 0. The van der Waals surface area contributed by atoms with Crippen molar-refractivity contribution in [2.75, 3.05) is 20.1 Å². The van der Waals surface area contributed by atoms with Gasteiger partial charge in [-0.25, -0.2) is 0 Å². The second-order valence-electron chi connectivity index (χ2n) is 6.63. The van der Waals surface area contributed by atoms with Gasteiger partial charge >= 0.3 is 0 Å². The van der Waals surface area contributed by atoms with Gasteiger partial charge in [0.25, 0.3) is 5.91 Å². The molecule has 130 valence electrons. The Morgan fingerprint density at radius 2 is 2.08 bits per heavy atom. The van der Waals surface area contributed by atoms with E-state index in [1.807, 2.05) is 32.8 Å². The second-order valence-corrected chi connectivity index (χ2v) is 6.63. The fourth-order valence-electron chi connectivity index (χ4n) is 3.32. The summed E-state index contributed by atoms with van der Waals surface area (Å²) in [5, 5.41) is 8.10. The van der Waals surface area contributed by atoms with Crippen LogP contribution in [0, 0.1) is 13.8 Å². The molecule has 1 aliphatic rings. The molecule has 0 aliphatic carbocycles. The molecule has 0 bridgehead atoms. The molecular weight excluding hydrogens is 306 g/mol. The molecule has 1 fully saturated rings. The Morgan fingerprint density at radius 1 is 1.38 bits per heavy atom. The lowest BCUT2D eigenvalue weighted by molar-refractivity contribution is 0.0636. The summed E-state index contributed by atoms with van der Waals surface area (Å²) < 4.78 is 6.90.